The summed E-state index contributed by atoms with van der Waals surface area (Å²) < 4.78 is 5.26. The van der Waals surface area contributed by atoms with Gasteiger partial charge in [-0.05, 0) is 50.6 Å². The van der Waals surface area contributed by atoms with Crippen molar-refractivity contribution < 1.29 is 4.74 Å². The Morgan fingerprint density at radius 3 is 2.57 bits per heavy atom. The molecule has 0 saturated heterocycles. The highest BCUT2D eigenvalue weighted by atomic mass is 16.5. The first-order valence-electron chi connectivity index (χ1n) is 5.77. The first-order chi connectivity index (χ1) is 6.88. The van der Waals surface area contributed by atoms with Gasteiger partial charge in [0.2, 0.25) is 0 Å². The molecule has 0 bridgehead atoms. The van der Waals surface area contributed by atoms with E-state index in [1.807, 2.05) is 0 Å². The Kier molecular flexibility index (Phi) is 5.88. The third-order valence-electron chi connectivity index (χ3n) is 2.96. The topological polar surface area (TPSA) is 35.2 Å². The van der Waals surface area contributed by atoms with Crippen molar-refractivity contribution in [1.82, 2.24) is 0 Å². The van der Waals surface area contributed by atoms with E-state index in [1.54, 1.807) is 12.7 Å². The summed E-state index contributed by atoms with van der Waals surface area (Å²) in [7, 11) is 1.78. The molecule has 2 heteroatoms. The predicted molar refractivity (Wildman–Crippen MR) is 60.3 cm³/mol. The molecular weight excluding hydrogens is 174 g/mol. The second-order valence-corrected chi connectivity index (χ2v) is 4.09. The minimum absolute atomic E-state index is 0.792. The third kappa shape index (κ3) is 3.81. The standard InChI is InChI=1S/C12H23NO/c1-14-10-12(8-5-9-13)11-6-3-2-4-7-11/h2-10,13H2,1H3. The van der Waals surface area contributed by atoms with Crippen molar-refractivity contribution in [2.24, 2.45) is 5.73 Å². The molecule has 1 aliphatic rings. The van der Waals surface area contributed by atoms with Crippen LogP contribution in [0.1, 0.15) is 44.9 Å². The molecule has 14 heavy (non-hydrogen) atoms. The van der Waals surface area contributed by atoms with Crippen LogP contribution in [0.15, 0.2) is 11.1 Å². The second-order valence-electron chi connectivity index (χ2n) is 4.09. The summed E-state index contributed by atoms with van der Waals surface area (Å²) in [4.78, 5) is 0. The van der Waals surface area contributed by atoms with Crippen molar-refractivity contribution in [3.05, 3.63) is 11.1 Å². The van der Waals surface area contributed by atoms with Crippen LogP contribution in [0.5, 0.6) is 0 Å². The Morgan fingerprint density at radius 2 is 2.00 bits per heavy atom. The number of nitrogens with two attached hydrogens (primary N) is 1. The van der Waals surface area contributed by atoms with Gasteiger partial charge in [0.25, 0.3) is 0 Å². The largest absolute Gasteiger partial charge is 0.380 e. The van der Waals surface area contributed by atoms with Gasteiger partial charge in [0.15, 0.2) is 0 Å². The monoisotopic (exact) mass is 197 g/mol. The molecule has 1 aliphatic carbocycles. The zero-order chi connectivity index (χ0) is 10.2. The highest BCUT2D eigenvalue weighted by Crippen LogP contribution is 2.27. The molecule has 2 N–H and O–H groups in total. The van der Waals surface area contributed by atoms with Gasteiger partial charge in [-0.2, -0.15) is 0 Å². The summed E-state index contributed by atoms with van der Waals surface area (Å²) in [6.45, 7) is 1.61. The highest BCUT2D eigenvalue weighted by Gasteiger charge is 2.10. The van der Waals surface area contributed by atoms with Crippen molar-refractivity contribution >= 4 is 0 Å². The average molecular weight is 197 g/mol. The molecule has 1 saturated carbocycles. The molecule has 1 rings (SSSR count). The number of hydrogen-bond donors (Lipinski definition) is 1. The molecule has 82 valence electrons. The number of methoxy groups -OCH3 is 1. The van der Waals surface area contributed by atoms with Crippen LogP contribution in [0.2, 0.25) is 0 Å². The fourth-order valence-corrected chi connectivity index (χ4v) is 2.17. The fourth-order valence-electron chi connectivity index (χ4n) is 2.17. The molecule has 0 amide bonds. The lowest BCUT2D eigenvalue weighted by molar-refractivity contribution is 0.221. The normalized spacial score (nSPS) is 17.1. The number of allylic oxidation sites excluding steroid dienone is 1. The van der Waals surface area contributed by atoms with E-state index >= 15 is 0 Å². The lowest BCUT2D eigenvalue weighted by Gasteiger charge is -2.19. The molecule has 1 fully saturated rings. The molecule has 0 aromatic carbocycles. The Morgan fingerprint density at radius 1 is 1.29 bits per heavy atom. The van der Waals surface area contributed by atoms with E-state index in [0.29, 0.717) is 0 Å². The Balaban J connectivity index is 2.51. The molecule has 0 spiro atoms. The van der Waals surface area contributed by atoms with Gasteiger partial charge in [-0.1, -0.05) is 12.0 Å². The van der Waals surface area contributed by atoms with E-state index in [2.05, 4.69) is 0 Å². The summed E-state index contributed by atoms with van der Waals surface area (Å²) in [6, 6.07) is 0. The molecular formula is C12H23NO. The predicted octanol–water partition coefficient (Wildman–Crippen LogP) is 2.63. The van der Waals surface area contributed by atoms with Crippen LogP contribution in [0.4, 0.5) is 0 Å². The minimum Gasteiger partial charge on any atom is -0.380 e. The molecule has 0 atom stereocenters. The van der Waals surface area contributed by atoms with Crippen LogP contribution in [0.25, 0.3) is 0 Å². The van der Waals surface area contributed by atoms with Crippen LogP contribution < -0.4 is 5.73 Å². The summed E-state index contributed by atoms with van der Waals surface area (Å²) in [5.74, 6) is 0. The highest BCUT2D eigenvalue weighted by molar-refractivity contribution is 5.16. The van der Waals surface area contributed by atoms with Crippen LogP contribution in [-0.2, 0) is 4.74 Å². The van der Waals surface area contributed by atoms with Gasteiger partial charge in [-0.25, -0.2) is 0 Å². The average Bonchev–Trinajstić information content (AvgIpc) is 2.25. The van der Waals surface area contributed by atoms with Crippen molar-refractivity contribution in [1.29, 1.82) is 0 Å². The zero-order valence-corrected chi connectivity index (χ0v) is 9.35. The van der Waals surface area contributed by atoms with E-state index < -0.39 is 0 Å². The third-order valence-corrected chi connectivity index (χ3v) is 2.96. The lowest BCUT2D eigenvalue weighted by Crippen LogP contribution is -2.06. The summed E-state index contributed by atoms with van der Waals surface area (Å²) in [6.07, 6.45) is 8.96. The van der Waals surface area contributed by atoms with Crippen LogP contribution in [0.3, 0.4) is 0 Å². The van der Waals surface area contributed by atoms with Crippen LogP contribution in [-0.4, -0.2) is 20.3 Å². The SMILES string of the molecule is COCC(CCCN)=C1CCCCC1. The van der Waals surface area contributed by atoms with Crippen LogP contribution >= 0.6 is 0 Å². The van der Waals surface area contributed by atoms with E-state index in [1.165, 1.54) is 37.7 Å². The van der Waals surface area contributed by atoms with Crippen LogP contribution in [0, 0.1) is 0 Å². The first kappa shape index (κ1) is 11.7. The van der Waals surface area contributed by atoms with Gasteiger partial charge in [-0.15, -0.1) is 0 Å². The lowest BCUT2D eigenvalue weighted by atomic mass is 9.89. The summed E-state index contributed by atoms with van der Waals surface area (Å²) in [5.41, 5.74) is 8.72. The summed E-state index contributed by atoms with van der Waals surface area (Å²) in [5, 5.41) is 0. The van der Waals surface area contributed by atoms with E-state index in [9.17, 15) is 0 Å². The van der Waals surface area contributed by atoms with E-state index in [0.717, 1.165) is 26.0 Å². The molecule has 0 heterocycles. The number of hydrogen-bond acceptors (Lipinski definition) is 2. The van der Waals surface area contributed by atoms with Crippen molar-refractivity contribution in [2.45, 2.75) is 44.9 Å². The second kappa shape index (κ2) is 7.02. The van der Waals surface area contributed by atoms with Gasteiger partial charge in [0, 0.05) is 7.11 Å². The summed E-state index contributed by atoms with van der Waals surface area (Å²) >= 11 is 0. The van der Waals surface area contributed by atoms with E-state index in [-0.39, 0.29) is 0 Å². The number of ether oxygens (including phenoxy) is 1. The van der Waals surface area contributed by atoms with Gasteiger partial charge in [0.05, 0.1) is 6.61 Å². The van der Waals surface area contributed by atoms with E-state index in [4.69, 9.17) is 10.5 Å². The molecule has 0 radical (unpaired) electrons. The molecule has 0 aliphatic heterocycles. The van der Waals surface area contributed by atoms with Gasteiger partial charge in [0.1, 0.15) is 0 Å². The smallest absolute Gasteiger partial charge is 0.0675 e. The van der Waals surface area contributed by atoms with Gasteiger partial charge in [-0.3, -0.25) is 0 Å². The molecule has 0 aromatic rings. The Bertz CT molecular complexity index is 179. The minimum atomic E-state index is 0.792. The first-order valence-corrected chi connectivity index (χ1v) is 5.77. The maximum atomic E-state index is 5.54. The van der Waals surface area contributed by atoms with Crippen molar-refractivity contribution in [2.75, 3.05) is 20.3 Å². The Labute approximate surface area is 87.5 Å². The number of rotatable bonds is 5. The quantitative estimate of drug-likeness (QED) is 0.688. The fraction of sp³-hybridized carbons (Fsp3) is 0.833. The molecule has 0 unspecified atom stereocenters. The van der Waals surface area contributed by atoms with Crippen molar-refractivity contribution in [3.63, 3.8) is 0 Å². The molecule has 0 aromatic heterocycles. The Hall–Kier alpha value is -0.340. The van der Waals surface area contributed by atoms with Crippen molar-refractivity contribution in [3.8, 4) is 0 Å². The maximum absolute atomic E-state index is 5.54. The molecule has 2 nitrogen and oxygen atoms in total. The van der Waals surface area contributed by atoms with Gasteiger partial charge < -0.3 is 10.5 Å². The maximum Gasteiger partial charge on any atom is 0.0675 e. The van der Waals surface area contributed by atoms with Gasteiger partial charge >= 0.3 is 0 Å². The zero-order valence-electron chi connectivity index (χ0n) is 9.35.